The highest BCUT2D eigenvalue weighted by molar-refractivity contribution is 14.1. The Bertz CT molecular complexity index is 1140. The molecule has 0 unspecified atom stereocenters. The van der Waals surface area contributed by atoms with Gasteiger partial charge in [0, 0.05) is 0 Å². The number of aliphatic carboxylic acids is 1. The highest BCUT2D eigenvalue weighted by atomic mass is 127. The number of barbiturate groups is 1. The fourth-order valence-corrected chi connectivity index (χ4v) is 3.93. The molecule has 1 aliphatic heterocycles. The zero-order valence-corrected chi connectivity index (χ0v) is 20.0. The smallest absolute Gasteiger partial charge is 0.341 e. The fraction of sp³-hybridized carbons (Fsp3) is 0.217. The number of ether oxygens (including phenoxy) is 2. The van der Waals surface area contributed by atoms with Gasteiger partial charge >= 0.3 is 12.0 Å². The van der Waals surface area contributed by atoms with Crippen molar-refractivity contribution in [2.24, 2.45) is 0 Å². The SMILES string of the molecule is CCOc1cc(C=C2C(=O)NC(=O)N(c3ccc(CC)cc3)C2=O)cc(I)c1OCC(=O)O. The maximum Gasteiger partial charge on any atom is 0.341 e. The van der Waals surface area contributed by atoms with Crippen LogP contribution in [0.4, 0.5) is 10.5 Å². The number of benzene rings is 2. The Balaban J connectivity index is 1.99. The molecule has 10 heteroatoms. The van der Waals surface area contributed by atoms with E-state index in [2.05, 4.69) is 5.32 Å². The molecule has 0 atom stereocenters. The number of halogens is 1. The molecule has 1 fully saturated rings. The van der Waals surface area contributed by atoms with Crippen molar-refractivity contribution in [3.63, 3.8) is 0 Å². The van der Waals surface area contributed by atoms with Crippen LogP contribution >= 0.6 is 22.6 Å². The van der Waals surface area contributed by atoms with Gasteiger partial charge in [-0.15, -0.1) is 0 Å². The molecule has 4 amide bonds. The van der Waals surface area contributed by atoms with Crippen LogP contribution in [0.5, 0.6) is 11.5 Å². The molecule has 0 bridgehead atoms. The van der Waals surface area contributed by atoms with Gasteiger partial charge in [-0.2, -0.15) is 0 Å². The van der Waals surface area contributed by atoms with Gasteiger partial charge in [0.2, 0.25) is 0 Å². The second kappa shape index (κ2) is 10.5. The van der Waals surface area contributed by atoms with Crippen molar-refractivity contribution >= 4 is 58.2 Å². The zero-order chi connectivity index (χ0) is 24.1. The number of carbonyl (C=O) groups is 4. The van der Waals surface area contributed by atoms with Crippen molar-refractivity contribution in [1.29, 1.82) is 0 Å². The van der Waals surface area contributed by atoms with Gasteiger partial charge in [0.05, 0.1) is 15.9 Å². The molecule has 0 aromatic heterocycles. The van der Waals surface area contributed by atoms with E-state index in [4.69, 9.17) is 14.6 Å². The fourth-order valence-electron chi connectivity index (χ4n) is 3.15. The van der Waals surface area contributed by atoms with Gasteiger partial charge in [0.25, 0.3) is 11.8 Å². The van der Waals surface area contributed by atoms with Crippen molar-refractivity contribution in [3.05, 3.63) is 56.7 Å². The van der Waals surface area contributed by atoms with Crippen LogP contribution in [0.3, 0.4) is 0 Å². The third-order valence-corrected chi connectivity index (χ3v) is 5.49. The Morgan fingerprint density at radius 3 is 2.42 bits per heavy atom. The molecule has 2 N–H and O–H groups in total. The summed E-state index contributed by atoms with van der Waals surface area (Å²) in [5, 5.41) is 11.1. The van der Waals surface area contributed by atoms with Gasteiger partial charge in [-0.3, -0.25) is 14.9 Å². The minimum atomic E-state index is -1.14. The van der Waals surface area contributed by atoms with E-state index in [1.807, 2.05) is 41.6 Å². The van der Waals surface area contributed by atoms with Crippen molar-refractivity contribution in [1.82, 2.24) is 5.32 Å². The molecular weight excluding hydrogens is 543 g/mol. The van der Waals surface area contributed by atoms with E-state index in [0.717, 1.165) is 16.9 Å². The molecule has 33 heavy (non-hydrogen) atoms. The minimum Gasteiger partial charge on any atom is -0.490 e. The second-order valence-corrected chi connectivity index (χ2v) is 8.09. The van der Waals surface area contributed by atoms with E-state index < -0.39 is 30.4 Å². The first-order chi connectivity index (χ1) is 15.7. The molecule has 1 saturated heterocycles. The summed E-state index contributed by atoms with van der Waals surface area (Å²) in [5.41, 5.74) is 1.60. The highest BCUT2D eigenvalue weighted by Crippen LogP contribution is 2.35. The Hall–Kier alpha value is -3.41. The number of hydrogen-bond donors (Lipinski definition) is 2. The summed E-state index contributed by atoms with van der Waals surface area (Å²) in [4.78, 5) is 49.7. The zero-order valence-electron chi connectivity index (χ0n) is 17.9. The average molecular weight is 564 g/mol. The summed E-state index contributed by atoms with van der Waals surface area (Å²) >= 11 is 1.95. The number of aryl methyl sites for hydroxylation is 1. The number of hydrogen-bond acceptors (Lipinski definition) is 6. The number of urea groups is 1. The summed E-state index contributed by atoms with van der Waals surface area (Å²) in [6.07, 6.45) is 2.15. The molecule has 1 heterocycles. The Labute approximate surface area is 203 Å². The third-order valence-electron chi connectivity index (χ3n) is 4.69. The first-order valence-corrected chi connectivity index (χ1v) is 11.1. The number of rotatable bonds is 8. The van der Waals surface area contributed by atoms with E-state index in [1.54, 1.807) is 25.1 Å². The molecule has 0 saturated carbocycles. The molecule has 172 valence electrons. The molecule has 0 spiro atoms. The molecule has 0 radical (unpaired) electrons. The monoisotopic (exact) mass is 564 g/mol. The van der Waals surface area contributed by atoms with Crippen LogP contribution in [0.2, 0.25) is 0 Å². The molecular formula is C23H21IN2O7. The lowest BCUT2D eigenvalue weighted by atomic mass is 10.1. The number of carboxylic acids is 1. The quantitative estimate of drug-likeness (QED) is 0.287. The van der Waals surface area contributed by atoms with E-state index in [9.17, 15) is 19.2 Å². The van der Waals surface area contributed by atoms with Crippen LogP contribution in [0.25, 0.3) is 6.08 Å². The lowest BCUT2D eigenvalue weighted by Gasteiger charge is -2.26. The van der Waals surface area contributed by atoms with Crippen LogP contribution in [-0.4, -0.2) is 42.1 Å². The lowest BCUT2D eigenvalue weighted by Crippen LogP contribution is -2.54. The standard InChI is InChI=1S/C23H21IN2O7/c1-3-13-5-7-15(8-6-13)26-22(30)16(21(29)25-23(26)31)9-14-10-17(24)20(33-12-19(27)28)18(11-14)32-4-2/h5-11H,3-4,12H2,1-2H3,(H,27,28)(H,25,29,31). The maximum atomic E-state index is 13.1. The minimum absolute atomic E-state index is 0.230. The molecule has 3 rings (SSSR count). The number of nitrogens with one attached hydrogen (secondary N) is 1. The van der Waals surface area contributed by atoms with Crippen LogP contribution in [0.15, 0.2) is 42.0 Å². The van der Waals surface area contributed by atoms with Crippen molar-refractivity contribution in [2.45, 2.75) is 20.3 Å². The van der Waals surface area contributed by atoms with Gasteiger partial charge in [0.1, 0.15) is 5.57 Å². The van der Waals surface area contributed by atoms with Gasteiger partial charge in [-0.25, -0.2) is 14.5 Å². The van der Waals surface area contributed by atoms with Crippen molar-refractivity contribution in [2.75, 3.05) is 18.1 Å². The summed E-state index contributed by atoms with van der Waals surface area (Å²) in [6.45, 7) is 3.48. The number of imide groups is 2. The second-order valence-electron chi connectivity index (χ2n) is 6.92. The number of amides is 4. The first-order valence-electron chi connectivity index (χ1n) is 10.1. The van der Waals surface area contributed by atoms with E-state index in [0.29, 0.717) is 14.8 Å². The third kappa shape index (κ3) is 5.51. The molecule has 0 aliphatic carbocycles. The topological polar surface area (TPSA) is 122 Å². The van der Waals surface area contributed by atoms with Crippen LogP contribution in [0, 0.1) is 3.57 Å². The molecule has 1 aliphatic rings. The van der Waals surface area contributed by atoms with Crippen LogP contribution in [0.1, 0.15) is 25.0 Å². The summed E-state index contributed by atoms with van der Waals surface area (Å²) < 4.78 is 11.4. The van der Waals surface area contributed by atoms with Gasteiger partial charge in [-0.1, -0.05) is 19.1 Å². The molecule has 2 aromatic carbocycles. The summed E-state index contributed by atoms with van der Waals surface area (Å²) in [5.74, 6) is -2.20. The Morgan fingerprint density at radius 1 is 1.12 bits per heavy atom. The van der Waals surface area contributed by atoms with E-state index in [1.165, 1.54) is 12.1 Å². The summed E-state index contributed by atoms with van der Waals surface area (Å²) in [7, 11) is 0. The number of carboxylic acid groups (broad SMARTS) is 1. The van der Waals surface area contributed by atoms with Crippen LogP contribution < -0.4 is 19.7 Å². The van der Waals surface area contributed by atoms with Crippen LogP contribution in [-0.2, 0) is 20.8 Å². The predicted octanol–water partition coefficient (Wildman–Crippen LogP) is 3.38. The Morgan fingerprint density at radius 2 is 1.82 bits per heavy atom. The number of nitrogens with zero attached hydrogens (tertiary/aromatic N) is 1. The van der Waals surface area contributed by atoms with E-state index in [-0.39, 0.29) is 23.7 Å². The van der Waals surface area contributed by atoms with Gasteiger partial charge < -0.3 is 14.6 Å². The average Bonchev–Trinajstić information content (AvgIpc) is 2.76. The van der Waals surface area contributed by atoms with Gasteiger partial charge in [0.15, 0.2) is 18.1 Å². The molecule has 2 aromatic rings. The highest BCUT2D eigenvalue weighted by Gasteiger charge is 2.36. The molecule has 9 nitrogen and oxygen atoms in total. The Kier molecular flexibility index (Phi) is 7.69. The van der Waals surface area contributed by atoms with E-state index >= 15 is 0 Å². The number of carbonyl (C=O) groups excluding carboxylic acids is 3. The first kappa shape index (κ1) is 24.2. The van der Waals surface area contributed by atoms with Gasteiger partial charge in [-0.05, 0) is 77.4 Å². The predicted molar refractivity (Wildman–Crippen MR) is 128 cm³/mol. The van der Waals surface area contributed by atoms with Crippen molar-refractivity contribution < 1.29 is 33.8 Å². The largest absolute Gasteiger partial charge is 0.490 e. The normalized spacial score (nSPS) is 14.9. The maximum absolute atomic E-state index is 13.1. The van der Waals surface area contributed by atoms with Crippen molar-refractivity contribution in [3.8, 4) is 11.5 Å². The summed E-state index contributed by atoms with van der Waals surface area (Å²) in [6, 6.07) is 9.24. The lowest BCUT2D eigenvalue weighted by molar-refractivity contribution is -0.139. The number of anilines is 1.